The Morgan fingerprint density at radius 2 is 1.75 bits per heavy atom. The topological polar surface area (TPSA) is 83.7 Å². The number of rotatable bonds is 8. The number of benzene rings is 2. The monoisotopic (exact) mass is 459 g/mol. The molecule has 1 unspecified atom stereocenters. The zero-order valence-electron chi connectivity index (χ0n) is 18.3. The number of β-amino-alcohol motifs (C(OH)–C–C–N with tert-alkyl or cyclic N) is 1. The fourth-order valence-electron chi connectivity index (χ4n) is 3.92. The first-order chi connectivity index (χ1) is 15.2. The average molecular weight is 460 g/mol. The molecule has 172 valence electrons. The van der Waals surface area contributed by atoms with Gasteiger partial charge in [0.05, 0.1) is 30.3 Å². The Bertz CT molecular complexity index is 1070. The molecule has 2 heterocycles. The van der Waals surface area contributed by atoms with Crippen LogP contribution in [0.1, 0.15) is 13.3 Å². The molecule has 1 saturated heterocycles. The number of aliphatic hydroxyl groups is 1. The molecular formula is C23H30ClN5O3. The van der Waals surface area contributed by atoms with Crippen LogP contribution in [0, 0.1) is 0 Å². The zero-order valence-corrected chi connectivity index (χ0v) is 19.1. The van der Waals surface area contributed by atoms with Crippen LogP contribution < -0.4 is 15.2 Å². The fourth-order valence-corrected chi connectivity index (χ4v) is 3.92. The second-order valence-electron chi connectivity index (χ2n) is 7.85. The van der Waals surface area contributed by atoms with E-state index in [1.165, 1.54) is 4.68 Å². The lowest BCUT2D eigenvalue weighted by molar-refractivity contribution is 0.0900. The molecule has 1 fully saturated rings. The summed E-state index contributed by atoms with van der Waals surface area (Å²) in [4.78, 5) is 17.1. The molecule has 3 aromatic rings. The molecule has 1 N–H and O–H groups in total. The maximum absolute atomic E-state index is 12.6. The van der Waals surface area contributed by atoms with Crippen molar-refractivity contribution < 1.29 is 9.84 Å². The van der Waals surface area contributed by atoms with Crippen molar-refractivity contribution in [3.63, 3.8) is 0 Å². The van der Waals surface area contributed by atoms with Crippen molar-refractivity contribution in [2.75, 3.05) is 44.2 Å². The van der Waals surface area contributed by atoms with Gasteiger partial charge in [-0.15, -0.1) is 17.5 Å². The molecule has 2 aromatic carbocycles. The van der Waals surface area contributed by atoms with E-state index >= 15 is 0 Å². The number of nitrogens with zero attached hydrogens (tertiary/aromatic N) is 5. The number of hydrogen-bond acceptors (Lipinski definition) is 7. The minimum atomic E-state index is -0.695. The van der Waals surface area contributed by atoms with Crippen molar-refractivity contribution in [2.45, 2.75) is 26.0 Å². The molecule has 32 heavy (non-hydrogen) atoms. The smallest absolute Gasteiger partial charge is 0.277 e. The Morgan fingerprint density at radius 3 is 2.53 bits per heavy atom. The first-order valence-corrected chi connectivity index (χ1v) is 10.9. The van der Waals surface area contributed by atoms with Gasteiger partial charge in [0.2, 0.25) is 0 Å². The van der Waals surface area contributed by atoms with E-state index in [1.54, 1.807) is 18.2 Å². The van der Waals surface area contributed by atoms with Gasteiger partial charge in [0.25, 0.3) is 5.56 Å². The summed E-state index contributed by atoms with van der Waals surface area (Å²) >= 11 is 0. The Labute approximate surface area is 193 Å². The van der Waals surface area contributed by atoms with Crippen molar-refractivity contribution >= 4 is 29.0 Å². The number of piperazine rings is 1. The minimum absolute atomic E-state index is 0. The molecule has 4 rings (SSSR count). The Hall–Kier alpha value is -2.68. The quantitative estimate of drug-likeness (QED) is 0.552. The number of anilines is 1. The predicted octanol–water partition coefficient (Wildman–Crippen LogP) is 2.19. The SMILES string of the molecule is CCCOc1ccccc1N1CCN(CC(O)Cn2nnc3ccccc3c2=O)CC1.Cl. The van der Waals surface area contributed by atoms with Crippen LogP contribution in [0.25, 0.3) is 10.9 Å². The summed E-state index contributed by atoms with van der Waals surface area (Å²) in [7, 11) is 0. The summed E-state index contributed by atoms with van der Waals surface area (Å²) in [5.41, 5.74) is 1.46. The largest absolute Gasteiger partial charge is 0.491 e. The summed E-state index contributed by atoms with van der Waals surface area (Å²) in [5.74, 6) is 0.923. The van der Waals surface area contributed by atoms with E-state index in [9.17, 15) is 9.90 Å². The van der Waals surface area contributed by atoms with Crippen LogP contribution in [0.4, 0.5) is 5.69 Å². The number of fused-ring (bicyclic) bond motifs is 1. The molecule has 0 spiro atoms. The van der Waals surface area contributed by atoms with Gasteiger partial charge >= 0.3 is 0 Å². The van der Waals surface area contributed by atoms with E-state index in [2.05, 4.69) is 33.1 Å². The van der Waals surface area contributed by atoms with Gasteiger partial charge in [-0.05, 0) is 30.7 Å². The van der Waals surface area contributed by atoms with E-state index in [-0.39, 0.29) is 24.5 Å². The first kappa shape index (κ1) is 24.0. The molecule has 0 aliphatic carbocycles. The van der Waals surface area contributed by atoms with Gasteiger partial charge in [0, 0.05) is 32.7 Å². The molecule has 1 atom stereocenters. The van der Waals surface area contributed by atoms with Crippen LogP contribution in [0.2, 0.25) is 0 Å². The summed E-state index contributed by atoms with van der Waals surface area (Å²) in [6.07, 6.45) is 0.282. The first-order valence-electron chi connectivity index (χ1n) is 10.9. The Morgan fingerprint density at radius 1 is 1.03 bits per heavy atom. The third-order valence-electron chi connectivity index (χ3n) is 5.52. The molecule has 0 saturated carbocycles. The third kappa shape index (κ3) is 5.56. The summed E-state index contributed by atoms with van der Waals surface area (Å²) in [5, 5.41) is 19.2. The van der Waals surface area contributed by atoms with Gasteiger partial charge in [-0.3, -0.25) is 9.69 Å². The highest BCUT2D eigenvalue weighted by Gasteiger charge is 2.22. The van der Waals surface area contributed by atoms with E-state index < -0.39 is 6.10 Å². The molecule has 0 radical (unpaired) electrons. The molecule has 8 nitrogen and oxygen atoms in total. The normalized spacial score (nSPS) is 15.4. The molecule has 1 aliphatic rings. The van der Waals surface area contributed by atoms with Crippen molar-refractivity contribution in [3.8, 4) is 5.75 Å². The lowest BCUT2D eigenvalue weighted by atomic mass is 10.2. The van der Waals surface area contributed by atoms with Crippen LogP contribution in [-0.2, 0) is 6.54 Å². The third-order valence-corrected chi connectivity index (χ3v) is 5.52. The zero-order chi connectivity index (χ0) is 21.6. The second kappa shape index (κ2) is 11.3. The van der Waals surface area contributed by atoms with Gasteiger partial charge in [0.15, 0.2) is 0 Å². The van der Waals surface area contributed by atoms with Crippen LogP contribution in [0.5, 0.6) is 5.75 Å². The molecule has 0 bridgehead atoms. The lowest BCUT2D eigenvalue weighted by Crippen LogP contribution is -2.49. The van der Waals surface area contributed by atoms with Gasteiger partial charge in [-0.2, -0.15) is 0 Å². The summed E-state index contributed by atoms with van der Waals surface area (Å²) in [6.45, 7) is 6.80. The molecular weight excluding hydrogens is 430 g/mol. The van der Waals surface area contributed by atoms with E-state index in [0.29, 0.717) is 24.1 Å². The van der Waals surface area contributed by atoms with Gasteiger partial charge in [-0.25, -0.2) is 4.68 Å². The minimum Gasteiger partial charge on any atom is -0.491 e. The number of halogens is 1. The highest BCUT2D eigenvalue weighted by atomic mass is 35.5. The maximum Gasteiger partial charge on any atom is 0.277 e. The van der Waals surface area contributed by atoms with Gasteiger partial charge in [-0.1, -0.05) is 36.4 Å². The Kier molecular flexibility index (Phi) is 8.44. The van der Waals surface area contributed by atoms with Gasteiger partial charge < -0.3 is 14.7 Å². The average Bonchev–Trinajstić information content (AvgIpc) is 2.80. The summed E-state index contributed by atoms with van der Waals surface area (Å²) < 4.78 is 7.15. The molecule has 9 heteroatoms. The van der Waals surface area contributed by atoms with Crippen molar-refractivity contribution in [1.82, 2.24) is 19.9 Å². The lowest BCUT2D eigenvalue weighted by Gasteiger charge is -2.37. The fraction of sp³-hybridized carbons (Fsp3) is 0.435. The Balaban J connectivity index is 0.00000289. The maximum atomic E-state index is 12.6. The number of aromatic nitrogens is 3. The van der Waals surface area contributed by atoms with Crippen LogP contribution in [0.15, 0.2) is 53.3 Å². The van der Waals surface area contributed by atoms with Gasteiger partial charge in [0.1, 0.15) is 11.3 Å². The number of ether oxygens (including phenoxy) is 1. The van der Waals surface area contributed by atoms with Crippen molar-refractivity contribution in [3.05, 3.63) is 58.9 Å². The van der Waals surface area contributed by atoms with E-state index in [0.717, 1.165) is 44.0 Å². The molecule has 0 amide bonds. The molecule has 1 aromatic heterocycles. The highest BCUT2D eigenvalue weighted by molar-refractivity contribution is 5.85. The van der Waals surface area contributed by atoms with Crippen molar-refractivity contribution in [2.24, 2.45) is 0 Å². The van der Waals surface area contributed by atoms with Crippen molar-refractivity contribution in [1.29, 1.82) is 0 Å². The number of para-hydroxylation sites is 2. The predicted molar refractivity (Wildman–Crippen MR) is 128 cm³/mol. The van der Waals surface area contributed by atoms with E-state index in [4.69, 9.17) is 4.74 Å². The molecule has 1 aliphatic heterocycles. The van der Waals surface area contributed by atoms with Crippen LogP contribution >= 0.6 is 12.4 Å². The van der Waals surface area contributed by atoms with Crippen LogP contribution in [0.3, 0.4) is 0 Å². The number of hydrogen-bond donors (Lipinski definition) is 1. The van der Waals surface area contributed by atoms with Crippen LogP contribution in [-0.4, -0.2) is 70.4 Å². The second-order valence-corrected chi connectivity index (χ2v) is 7.85. The highest BCUT2D eigenvalue weighted by Crippen LogP contribution is 2.29. The summed E-state index contributed by atoms with van der Waals surface area (Å²) in [6, 6.07) is 15.3. The number of aliphatic hydroxyl groups excluding tert-OH is 1. The van der Waals surface area contributed by atoms with E-state index in [1.807, 2.05) is 24.3 Å². The standard InChI is InChI=1S/C23H29N5O3.ClH/c1-2-15-31-22-10-6-5-9-21(22)27-13-11-26(12-14-27)16-18(29)17-28-23(30)19-7-3-4-8-20(19)24-25-28;/h3-10,18,29H,2,11-17H2,1H3;1H.